The SMILES string of the molecule is C.C.C.CCCN1CCCC1.CCCN1CCCC1.CCOC.CN(C)C.CN1CCC(N2CCCCC2)CC1.CN1CCCC1.CN1CCCC1.CN1CCCC1.CN1CCCC2CCCCC21.CN1CCCCC1. The van der Waals surface area contributed by atoms with Crippen molar-refractivity contribution in [1.29, 1.82) is 0 Å². The Morgan fingerprint density at radius 3 is 0.934 bits per heavy atom. The average molecular weight is 1080 g/mol. The standard InChI is InChI=1S/C11H22N2.C10H19N.2C7H15N.C6H13N.3C5H11N.C3H9N.C3H8O.3CH4/c1-12-9-5-11(6-10-12)13-7-3-2-4-8-13;1-11-8-4-6-9-5-2-3-7-10(9)11;2*1-2-5-8-6-3-4-7-8;1-7-5-3-2-4-6-7;3*1-6-4-2-3-5-6;1-4(2)3;1-3-4-2;;;/h11H,2-10H2,1H3;9-10H,2-8H2,1H3;2*2-7H2,1H3;2-6H2,1H3;3*2-5H2,1H3;1-3H3;3H2,1-2H3;3*1H4. The molecule has 0 bridgehead atoms. The number of likely N-dealkylation sites (tertiary alicyclic amines) is 9. The van der Waals surface area contributed by atoms with E-state index in [1.54, 1.807) is 7.11 Å². The third kappa shape index (κ3) is 45.2. The molecule has 0 amide bonds. The summed E-state index contributed by atoms with van der Waals surface area (Å²) >= 11 is 0. The molecule has 0 radical (unpaired) electrons. The predicted molar refractivity (Wildman–Crippen MR) is 344 cm³/mol. The lowest BCUT2D eigenvalue weighted by Gasteiger charge is -2.42. The summed E-state index contributed by atoms with van der Waals surface area (Å²) < 4.78 is 4.54. The van der Waals surface area contributed by atoms with Crippen LogP contribution in [0.2, 0.25) is 0 Å². The molecular formula is C65H146N10O. The van der Waals surface area contributed by atoms with Gasteiger partial charge in [-0.2, -0.15) is 0 Å². The zero-order chi connectivity index (χ0) is 53.7. The molecule has 10 fully saturated rings. The number of methoxy groups -OCH3 is 1. The van der Waals surface area contributed by atoms with Crippen LogP contribution in [0.5, 0.6) is 0 Å². The molecule has 76 heavy (non-hydrogen) atoms. The molecule has 2 atom stereocenters. The number of hydrogen-bond donors (Lipinski definition) is 0. The van der Waals surface area contributed by atoms with Gasteiger partial charge in [-0.05, 0) is 342 Å². The van der Waals surface area contributed by atoms with Crippen LogP contribution in [0.3, 0.4) is 0 Å². The number of nitrogens with zero attached hydrogens (tertiary/aromatic N) is 10. The third-order valence-corrected chi connectivity index (χ3v) is 16.5. The number of rotatable bonds is 6. The molecule has 10 aliphatic rings. The lowest BCUT2D eigenvalue weighted by atomic mass is 9.79. The van der Waals surface area contributed by atoms with Gasteiger partial charge in [-0.1, -0.05) is 61.8 Å². The molecule has 0 aromatic carbocycles. The van der Waals surface area contributed by atoms with Crippen molar-refractivity contribution in [1.82, 2.24) is 49.0 Å². The monoisotopic (exact) mass is 1080 g/mol. The predicted octanol–water partition coefficient (Wildman–Crippen LogP) is 12.8. The maximum absolute atomic E-state index is 4.54. The molecule has 9 aliphatic heterocycles. The first-order valence-corrected chi connectivity index (χ1v) is 31.7. The van der Waals surface area contributed by atoms with Crippen LogP contribution < -0.4 is 0 Å². The Morgan fingerprint density at radius 1 is 0.355 bits per heavy atom. The van der Waals surface area contributed by atoms with Gasteiger partial charge in [0.25, 0.3) is 0 Å². The molecule has 1 aliphatic carbocycles. The van der Waals surface area contributed by atoms with Gasteiger partial charge in [-0.3, -0.25) is 0 Å². The Kier molecular flexibility index (Phi) is 57.9. The first-order valence-electron chi connectivity index (χ1n) is 31.7. The molecule has 11 nitrogen and oxygen atoms in total. The second kappa shape index (κ2) is 55.1. The van der Waals surface area contributed by atoms with Gasteiger partial charge in [0.2, 0.25) is 0 Å². The Morgan fingerprint density at radius 2 is 0.645 bits per heavy atom. The topological polar surface area (TPSA) is 41.6 Å². The van der Waals surface area contributed by atoms with Crippen molar-refractivity contribution in [3.8, 4) is 0 Å². The summed E-state index contributed by atoms with van der Waals surface area (Å²) in [4.78, 5) is 24.3. The highest BCUT2D eigenvalue weighted by molar-refractivity contribution is 4.85. The Balaban J connectivity index is -0.000000791. The van der Waals surface area contributed by atoms with E-state index < -0.39 is 0 Å². The van der Waals surface area contributed by atoms with Gasteiger partial charge in [0.1, 0.15) is 0 Å². The maximum Gasteiger partial charge on any atom is 0.0433 e. The highest BCUT2D eigenvalue weighted by Gasteiger charge is 2.30. The minimum atomic E-state index is 0. The number of piperidine rings is 4. The Labute approximate surface area is 481 Å². The number of fused-ring (bicyclic) bond motifs is 1. The van der Waals surface area contributed by atoms with Crippen molar-refractivity contribution in [3.63, 3.8) is 0 Å². The summed E-state index contributed by atoms with van der Waals surface area (Å²) in [7, 11) is 20.9. The van der Waals surface area contributed by atoms with Crippen LogP contribution in [0.1, 0.15) is 210 Å². The van der Waals surface area contributed by atoms with Crippen LogP contribution in [-0.2, 0) is 4.74 Å². The summed E-state index contributed by atoms with van der Waals surface area (Å²) in [6.45, 7) is 32.6. The molecule has 0 spiro atoms. The average Bonchev–Trinajstić information content (AvgIpc) is 4.29. The van der Waals surface area contributed by atoms with Crippen LogP contribution in [-0.4, -0.2) is 263 Å². The molecular weight excluding hydrogens is 937 g/mol. The van der Waals surface area contributed by atoms with Crippen LogP contribution >= 0.6 is 0 Å². The largest absolute Gasteiger partial charge is 0.385 e. The number of ether oxygens (including phenoxy) is 1. The van der Waals surface area contributed by atoms with E-state index in [1.165, 1.54) is 291 Å². The molecule has 0 N–H and O–H groups in total. The van der Waals surface area contributed by atoms with Crippen LogP contribution in [0.15, 0.2) is 0 Å². The molecule has 11 heteroatoms. The van der Waals surface area contributed by atoms with E-state index in [4.69, 9.17) is 0 Å². The third-order valence-electron chi connectivity index (χ3n) is 16.5. The van der Waals surface area contributed by atoms with Crippen molar-refractivity contribution in [2.24, 2.45) is 5.92 Å². The smallest absolute Gasteiger partial charge is 0.0433 e. The van der Waals surface area contributed by atoms with E-state index in [1.807, 2.05) is 33.0 Å². The van der Waals surface area contributed by atoms with E-state index in [2.05, 4.69) is 105 Å². The van der Waals surface area contributed by atoms with Crippen molar-refractivity contribution < 1.29 is 4.74 Å². The maximum atomic E-state index is 4.54. The lowest BCUT2D eigenvalue weighted by molar-refractivity contribution is 0.0841. The van der Waals surface area contributed by atoms with Crippen molar-refractivity contribution in [2.45, 2.75) is 222 Å². The van der Waals surface area contributed by atoms with Gasteiger partial charge in [0.15, 0.2) is 0 Å². The molecule has 0 aromatic rings. The first kappa shape index (κ1) is 79.8. The van der Waals surface area contributed by atoms with E-state index >= 15 is 0 Å². The second-order valence-corrected chi connectivity index (χ2v) is 24.3. The number of hydrogen-bond acceptors (Lipinski definition) is 11. The minimum absolute atomic E-state index is 0. The van der Waals surface area contributed by atoms with Gasteiger partial charge in [-0.15, -0.1) is 0 Å². The summed E-state index contributed by atoms with van der Waals surface area (Å²) in [6.07, 6.45) is 37.2. The summed E-state index contributed by atoms with van der Waals surface area (Å²) in [5, 5.41) is 0. The second-order valence-electron chi connectivity index (χ2n) is 24.3. The molecule has 9 saturated heterocycles. The summed E-state index contributed by atoms with van der Waals surface area (Å²) in [6, 6.07) is 1.87. The van der Waals surface area contributed by atoms with Gasteiger partial charge in [-0.25, -0.2) is 0 Å². The van der Waals surface area contributed by atoms with Gasteiger partial charge < -0.3 is 53.7 Å². The fraction of sp³-hybridized carbons (Fsp3) is 1.00. The van der Waals surface area contributed by atoms with Gasteiger partial charge in [0.05, 0.1) is 0 Å². The zero-order valence-corrected chi connectivity index (χ0v) is 52.1. The lowest BCUT2D eigenvalue weighted by Crippen LogP contribution is -2.45. The zero-order valence-electron chi connectivity index (χ0n) is 52.1. The molecule has 10 rings (SSSR count). The fourth-order valence-corrected chi connectivity index (χ4v) is 11.8. The quantitative estimate of drug-likeness (QED) is 0.255. The molecule has 0 aromatic heterocycles. The Hall–Kier alpha value is -0.440. The van der Waals surface area contributed by atoms with E-state index in [9.17, 15) is 0 Å². The summed E-state index contributed by atoms with van der Waals surface area (Å²) in [5.41, 5.74) is 0. The molecule has 2 unspecified atom stereocenters. The minimum Gasteiger partial charge on any atom is -0.385 e. The van der Waals surface area contributed by atoms with E-state index in [-0.39, 0.29) is 22.3 Å². The van der Waals surface area contributed by atoms with Crippen LogP contribution in [0.25, 0.3) is 0 Å². The summed E-state index contributed by atoms with van der Waals surface area (Å²) in [5.74, 6) is 1.06. The highest BCUT2D eigenvalue weighted by atomic mass is 16.5. The van der Waals surface area contributed by atoms with Crippen molar-refractivity contribution >= 4 is 0 Å². The normalized spacial score (nSPS) is 24.7. The highest BCUT2D eigenvalue weighted by Crippen LogP contribution is 2.34. The Bertz CT molecular complexity index is 1050. The van der Waals surface area contributed by atoms with E-state index in [0.717, 1.165) is 24.6 Å². The van der Waals surface area contributed by atoms with Crippen LogP contribution in [0, 0.1) is 5.92 Å². The molecule has 1 saturated carbocycles. The molecule has 9 heterocycles. The van der Waals surface area contributed by atoms with E-state index in [0.29, 0.717) is 0 Å². The fourth-order valence-electron chi connectivity index (χ4n) is 11.8. The van der Waals surface area contributed by atoms with Gasteiger partial charge >= 0.3 is 0 Å². The van der Waals surface area contributed by atoms with Gasteiger partial charge in [0, 0.05) is 25.8 Å². The van der Waals surface area contributed by atoms with Crippen LogP contribution in [0.4, 0.5) is 0 Å². The van der Waals surface area contributed by atoms with Crippen molar-refractivity contribution in [3.05, 3.63) is 0 Å². The molecule has 462 valence electrons. The van der Waals surface area contributed by atoms with Crippen molar-refractivity contribution in [2.75, 3.05) is 201 Å². The first-order chi connectivity index (χ1) is 35.3.